The quantitative estimate of drug-likeness (QED) is 0.742. The van der Waals surface area contributed by atoms with E-state index in [4.69, 9.17) is 4.74 Å². The molecule has 0 amide bonds. The molecule has 0 aromatic heterocycles. The fourth-order valence-electron chi connectivity index (χ4n) is 2.07. The first-order chi connectivity index (χ1) is 8.20. The minimum Gasteiger partial charge on any atom is -0.495 e. The Hall–Kier alpha value is -1.22. The van der Waals surface area contributed by atoms with E-state index in [9.17, 15) is 0 Å². The Bertz CT molecular complexity index is 386. The maximum atomic E-state index is 5.41. The number of rotatable bonds is 6. The standard InChI is InChI=1S/C14H22N2O/c1-10-8-11(2)14(13(9-10)17-3)16-7-6-15-12-4-5-12/h8-9,12,15-16H,4-7H2,1-3H3. The van der Waals surface area contributed by atoms with Gasteiger partial charge in [0.25, 0.3) is 0 Å². The van der Waals surface area contributed by atoms with Crippen LogP contribution in [-0.4, -0.2) is 26.2 Å². The molecule has 2 rings (SSSR count). The minimum atomic E-state index is 0.776. The average molecular weight is 234 g/mol. The van der Waals surface area contributed by atoms with Crippen molar-refractivity contribution in [1.29, 1.82) is 0 Å². The number of hydrogen-bond acceptors (Lipinski definition) is 3. The highest BCUT2D eigenvalue weighted by atomic mass is 16.5. The molecular weight excluding hydrogens is 212 g/mol. The molecular formula is C14H22N2O. The second-order valence-corrected chi connectivity index (χ2v) is 4.81. The van der Waals surface area contributed by atoms with Crippen LogP contribution in [0.25, 0.3) is 0 Å². The molecule has 17 heavy (non-hydrogen) atoms. The topological polar surface area (TPSA) is 33.3 Å². The molecule has 0 atom stereocenters. The molecule has 0 aliphatic heterocycles. The van der Waals surface area contributed by atoms with Crippen molar-refractivity contribution in [3.05, 3.63) is 23.3 Å². The molecule has 1 aromatic carbocycles. The van der Waals surface area contributed by atoms with Crippen molar-refractivity contribution in [2.24, 2.45) is 0 Å². The highest BCUT2D eigenvalue weighted by molar-refractivity contribution is 5.63. The molecule has 3 heteroatoms. The van der Waals surface area contributed by atoms with Crippen LogP contribution < -0.4 is 15.4 Å². The lowest BCUT2D eigenvalue weighted by molar-refractivity contribution is 0.416. The Morgan fingerprint density at radius 2 is 2.00 bits per heavy atom. The summed E-state index contributed by atoms with van der Waals surface area (Å²) in [5.41, 5.74) is 3.60. The fraction of sp³-hybridized carbons (Fsp3) is 0.571. The van der Waals surface area contributed by atoms with Gasteiger partial charge in [-0.25, -0.2) is 0 Å². The molecule has 1 saturated carbocycles. The Kier molecular flexibility index (Phi) is 3.89. The summed E-state index contributed by atoms with van der Waals surface area (Å²) >= 11 is 0. The highest BCUT2D eigenvalue weighted by Crippen LogP contribution is 2.29. The van der Waals surface area contributed by atoms with Gasteiger partial charge in [-0.2, -0.15) is 0 Å². The third-order valence-electron chi connectivity index (χ3n) is 3.10. The molecule has 0 spiro atoms. The minimum absolute atomic E-state index is 0.776. The van der Waals surface area contributed by atoms with E-state index in [-0.39, 0.29) is 0 Å². The zero-order valence-corrected chi connectivity index (χ0v) is 11.0. The number of benzene rings is 1. The van der Waals surface area contributed by atoms with Crippen molar-refractivity contribution >= 4 is 5.69 Å². The van der Waals surface area contributed by atoms with E-state index >= 15 is 0 Å². The summed E-state index contributed by atoms with van der Waals surface area (Å²) in [6, 6.07) is 5.03. The zero-order chi connectivity index (χ0) is 12.3. The van der Waals surface area contributed by atoms with E-state index in [1.165, 1.54) is 24.0 Å². The summed E-state index contributed by atoms with van der Waals surface area (Å²) in [5.74, 6) is 0.939. The van der Waals surface area contributed by atoms with Crippen LogP contribution >= 0.6 is 0 Å². The first kappa shape index (κ1) is 12.2. The zero-order valence-electron chi connectivity index (χ0n) is 11.0. The largest absolute Gasteiger partial charge is 0.495 e. The molecule has 0 radical (unpaired) electrons. The van der Waals surface area contributed by atoms with Gasteiger partial charge in [-0.15, -0.1) is 0 Å². The third-order valence-corrected chi connectivity index (χ3v) is 3.10. The number of aryl methyl sites for hydroxylation is 2. The summed E-state index contributed by atoms with van der Waals surface area (Å²) in [6.45, 7) is 6.16. The SMILES string of the molecule is COc1cc(C)cc(C)c1NCCNC1CC1. The summed E-state index contributed by atoms with van der Waals surface area (Å²) in [6.07, 6.45) is 2.68. The summed E-state index contributed by atoms with van der Waals surface area (Å²) < 4.78 is 5.41. The molecule has 1 aromatic rings. The summed E-state index contributed by atoms with van der Waals surface area (Å²) in [5, 5.41) is 6.95. The molecule has 94 valence electrons. The number of ether oxygens (including phenoxy) is 1. The van der Waals surface area contributed by atoms with Gasteiger partial charge in [-0.05, 0) is 43.9 Å². The van der Waals surface area contributed by atoms with Gasteiger partial charge >= 0.3 is 0 Å². The molecule has 2 N–H and O–H groups in total. The van der Waals surface area contributed by atoms with Crippen LogP contribution in [0.1, 0.15) is 24.0 Å². The Morgan fingerprint density at radius 3 is 2.65 bits per heavy atom. The van der Waals surface area contributed by atoms with Gasteiger partial charge in [-0.3, -0.25) is 0 Å². The lowest BCUT2D eigenvalue weighted by Crippen LogP contribution is -2.24. The average Bonchev–Trinajstić information content (AvgIpc) is 3.09. The fourth-order valence-corrected chi connectivity index (χ4v) is 2.07. The molecule has 1 aliphatic carbocycles. The van der Waals surface area contributed by atoms with Crippen LogP contribution in [0.3, 0.4) is 0 Å². The first-order valence-corrected chi connectivity index (χ1v) is 6.33. The molecule has 0 bridgehead atoms. The lowest BCUT2D eigenvalue weighted by atomic mass is 10.1. The van der Waals surface area contributed by atoms with Gasteiger partial charge in [0.1, 0.15) is 5.75 Å². The molecule has 3 nitrogen and oxygen atoms in total. The monoisotopic (exact) mass is 234 g/mol. The van der Waals surface area contributed by atoms with Crippen LogP contribution in [0.15, 0.2) is 12.1 Å². The van der Waals surface area contributed by atoms with E-state index in [2.05, 4.69) is 36.6 Å². The molecule has 0 heterocycles. The van der Waals surface area contributed by atoms with Crippen molar-refractivity contribution < 1.29 is 4.74 Å². The summed E-state index contributed by atoms with van der Waals surface area (Å²) in [4.78, 5) is 0. The maximum absolute atomic E-state index is 5.41. The van der Waals surface area contributed by atoms with E-state index in [1.807, 2.05) is 0 Å². The molecule has 1 fully saturated rings. The predicted molar refractivity (Wildman–Crippen MR) is 72.0 cm³/mol. The van der Waals surface area contributed by atoms with E-state index in [0.717, 1.165) is 30.6 Å². The van der Waals surface area contributed by atoms with Crippen LogP contribution in [0.5, 0.6) is 5.75 Å². The normalized spacial score (nSPS) is 14.8. The van der Waals surface area contributed by atoms with Gasteiger partial charge in [0.2, 0.25) is 0 Å². The number of nitrogens with one attached hydrogen (secondary N) is 2. The number of hydrogen-bond donors (Lipinski definition) is 2. The number of anilines is 1. The van der Waals surface area contributed by atoms with Crippen LogP contribution in [0, 0.1) is 13.8 Å². The van der Waals surface area contributed by atoms with Crippen molar-refractivity contribution in [2.45, 2.75) is 32.7 Å². The Morgan fingerprint density at radius 1 is 1.24 bits per heavy atom. The second-order valence-electron chi connectivity index (χ2n) is 4.81. The highest BCUT2D eigenvalue weighted by Gasteiger charge is 2.19. The maximum Gasteiger partial charge on any atom is 0.142 e. The molecule has 1 aliphatic rings. The second kappa shape index (κ2) is 5.41. The number of methoxy groups -OCH3 is 1. The smallest absolute Gasteiger partial charge is 0.142 e. The summed E-state index contributed by atoms with van der Waals surface area (Å²) in [7, 11) is 1.72. The van der Waals surface area contributed by atoms with Gasteiger partial charge in [-0.1, -0.05) is 6.07 Å². The van der Waals surface area contributed by atoms with Crippen LogP contribution in [0.4, 0.5) is 5.69 Å². The Labute approximate surface area is 104 Å². The van der Waals surface area contributed by atoms with Crippen LogP contribution in [0.2, 0.25) is 0 Å². The van der Waals surface area contributed by atoms with E-state index < -0.39 is 0 Å². The lowest BCUT2D eigenvalue weighted by Gasteiger charge is -2.15. The van der Waals surface area contributed by atoms with Gasteiger partial charge < -0.3 is 15.4 Å². The third kappa shape index (κ3) is 3.37. The van der Waals surface area contributed by atoms with Crippen molar-refractivity contribution in [3.63, 3.8) is 0 Å². The van der Waals surface area contributed by atoms with Gasteiger partial charge in [0, 0.05) is 19.1 Å². The van der Waals surface area contributed by atoms with Crippen molar-refractivity contribution in [1.82, 2.24) is 5.32 Å². The van der Waals surface area contributed by atoms with Crippen molar-refractivity contribution in [2.75, 3.05) is 25.5 Å². The van der Waals surface area contributed by atoms with Crippen molar-refractivity contribution in [3.8, 4) is 5.75 Å². The predicted octanol–water partition coefficient (Wildman–Crippen LogP) is 2.48. The molecule has 0 saturated heterocycles. The first-order valence-electron chi connectivity index (χ1n) is 6.33. The Balaban J connectivity index is 1.92. The molecule has 0 unspecified atom stereocenters. The van der Waals surface area contributed by atoms with Crippen LogP contribution in [-0.2, 0) is 0 Å². The van der Waals surface area contributed by atoms with Gasteiger partial charge in [0.15, 0.2) is 0 Å². The van der Waals surface area contributed by atoms with E-state index in [1.54, 1.807) is 7.11 Å². The van der Waals surface area contributed by atoms with E-state index in [0.29, 0.717) is 0 Å². The van der Waals surface area contributed by atoms with Gasteiger partial charge in [0.05, 0.1) is 12.8 Å².